The quantitative estimate of drug-likeness (QED) is 0.780. The third-order valence-electron chi connectivity index (χ3n) is 5.31. The Morgan fingerprint density at radius 2 is 2.04 bits per heavy atom. The maximum Gasteiger partial charge on any atom is 0.234 e. The first kappa shape index (κ1) is 22.3. The second-order valence-electron chi connectivity index (χ2n) is 7.45. The van der Waals surface area contributed by atoms with Crippen molar-refractivity contribution < 1.29 is 4.79 Å². The average Bonchev–Trinajstić information content (AvgIpc) is 2.65. The number of carbonyl (C=O) groups is 1. The van der Waals surface area contributed by atoms with Gasteiger partial charge < -0.3 is 10.6 Å². The number of carbonyl (C=O) groups excluding carboxylic acids is 1. The Labute approximate surface area is 174 Å². The first-order valence-corrected chi connectivity index (χ1v) is 9.72. The Balaban J connectivity index is 0.00000280. The van der Waals surface area contributed by atoms with Crippen LogP contribution in [0.4, 0.5) is 0 Å². The molecule has 1 aromatic heterocycles. The zero-order chi connectivity index (χ0) is 19.2. The van der Waals surface area contributed by atoms with Gasteiger partial charge in [0.15, 0.2) is 0 Å². The monoisotopic (exact) mass is 402 g/mol. The van der Waals surface area contributed by atoms with Crippen LogP contribution in [-0.2, 0) is 11.2 Å². The molecule has 28 heavy (non-hydrogen) atoms. The summed E-state index contributed by atoms with van der Waals surface area (Å²) < 4.78 is 0. The summed E-state index contributed by atoms with van der Waals surface area (Å²) in [6, 6.07) is 8.65. The first-order chi connectivity index (χ1) is 13.0. The van der Waals surface area contributed by atoms with Crippen molar-refractivity contribution in [3.05, 3.63) is 64.5 Å². The van der Waals surface area contributed by atoms with E-state index >= 15 is 0 Å². The zero-order valence-corrected chi connectivity index (χ0v) is 17.8. The molecule has 2 N–H and O–H groups in total. The third-order valence-corrected chi connectivity index (χ3v) is 5.31. The van der Waals surface area contributed by atoms with Crippen LogP contribution >= 0.6 is 12.4 Å². The molecule has 0 radical (unpaired) electrons. The molecule has 1 fully saturated rings. The molecule has 1 aliphatic rings. The lowest BCUT2D eigenvalue weighted by atomic mass is 9.97. The minimum Gasteiger partial charge on any atom is -0.355 e. The van der Waals surface area contributed by atoms with Gasteiger partial charge in [0.05, 0.1) is 6.54 Å². The molecule has 0 saturated carbocycles. The summed E-state index contributed by atoms with van der Waals surface area (Å²) in [7, 11) is 0. The molecular formula is C22H31ClN4O. The summed E-state index contributed by atoms with van der Waals surface area (Å²) in [5.74, 6) is 0.0909. The van der Waals surface area contributed by atoms with Crippen LogP contribution in [0.15, 0.2) is 36.7 Å². The van der Waals surface area contributed by atoms with E-state index in [2.05, 4.69) is 59.5 Å². The summed E-state index contributed by atoms with van der Waals surface area (Å²) in [6.07, 6.45) is 4.55. The molecular weight excluding hydrogens is 372 g/mol. The minimum atomic E-state index is 0. The van der Waals surface area contributed by atoms with Gasteiger partial charge in [-0.3, -0.25) is 14.7 Å². The maximum absolute atomic E-state index is 12.5. The molecule has 6 heteroatoms. The minimum absolute atomic E-state index is 0. The lowest BCUT2D eigenvalue weighted by Gasteiger charge is -2.35. The Hall–Kier alpha value is -1.95. The fourth-order valence-corrected chi connectivity index (χ4v) is 4.01. The molecule has 5 nitrogen and oxygen atoms in total. The highest BCUT2D eigenvalue weighted by Gasteiger charge is 2.25. The van der Waals surface area contributed by atoms with Crippen LogP contribution in [0.2, 0.25) is 0 Å². The number of aryl methyl sites for hydroxylation is 3. The summed E-state index contributed by atoms with van der Waals surface area (Å²) in [5.41, 5.74) is 6.40. The lowest BCUT2D eigenvalue weighted by molar-refractivity contribution is -0.123. The molecule has 1 aromatic carbocycles. The highest BCUT2D eigenvalue weighted by atomic mass is 35.5. The van der Waals surface area contributed by atoms with E-state index in [1.807, 2.05) is 12.3 Å². The number of amides is 1. The van der Waals surface area contributed by atoms with Crippen LogP contribution < -0.4 is 10.6 Å². The van der Waals surface area contributed by atoms with Gasteiger partial charge in [-0.05, 0) is 55.5 Å². The van der Waals surface area contributed by atoms with Crippen molar-refractivity contribution >= 4 is 18.3 Å². The predicted molar refractivity (Wildman–Crippen MR) is 116 cm³/mol. The normalized spacial score (nSPS) is 17.0. The van der Waals surface area contributed by atoms with Crippen molar-refractivity contribution in [3.8, 4) is 0 Å². The van der Waals surface area contributed by atoms with E-state index < -0.39 is 0 Å². The molecule has 0 spiro atoms. The summed E-state index contributed by atoms with van der Waals surface area (Å²) >= 11 is 0. The van der Waals surface area contributed by atoms with Crippen LogP contribution in [0.3, 0.4) is 0 Å². The van der Waals surface area contributed by atoms with Crippen LogP contribution in [0.1, 0.15) is 33.9 Å². The van der Waals surface area contributed by atoms with Crippen molar-refractivity contribution in [1.82, 2.24) is 20.5 Å². The Morgan fingerprint density at radius 1 is 1.29 bits per heavy atom. The van der Waals surface area contributed by atoms with Crippen molar-refractivity contribution in [2.75, 3.05) is 32.7 Å². The molecule has 1 aliphatic heterocycles. The Morgan fingerprint density at radius 3 is 2.71 bits per heavy atom. The van der Waals surface area contributed by atoms with E-state index in [9.17, 15) is 4.79 Å². The van der Waals surface area contributed by atoms with E-state index in [4.69, 9.17) is 0 Å². The molecule has 2 heterocycles. The molecule has 2 aromatic rings. The molecule has 1 atom stereocenters. The second-order valence-corrected chi connectivity index (χ2v) is 7.45. The average molecular weight is 403 g/mol. The molecule has 1 saturated heterocycles. The van der Waals surface area contributed by atoms with E-state index in [1.165, 1.54) is 22.3 Å². The van der Waals surface area contributed by atoms with Gasteiger partial charge in [0.25, 0.3) is 0 Å². The highest BCUT2D eigenvalue weighted by molar-refractivity contribution is 5.85. The number of piperazine rings is 1. The number of nitrogens with zero attached hydrogens (tertiary/aromatic N) is 2. The van der Waals surface area contributed by atoms with Crippen molar-refractivity contribution in [1.29, 1.82) is 0 Å². The van der Waals surface area contributed by atoms with Crippen LogP contribution in [0.25, 0.3) is 0 Å². The van der Waals surface area contributed by atoms with E-state index in [-0.39, 0.29) is 24.4 Å². The predicted octanol–water partition coefficient (Wildman–Crippen LogP) is 2.73. The van der Waals surface area contributed by atoms with Crippen molar-refractivity contribution in [2.24, 2.45) is 0 Å². The van der Waals surface area contributed by atoms with Gasteiger partial charge in [-0.2, -0.15) is 0 Å². The number of aromatic nitrogens is 1. The summed E-state index contributed by atoms with van der Waals surface area (Å²) in [6.45, 7) is 10.1. The lowest BCUT2D eigenvalue weighted by Crippen LogP contribution is -2.49. The third kappa shape index (κ3) is 5.77. The Bertz CT molecular complexity index is 758. The van der Waals surface area contributed by atoms with E-state index in [0.29, 0.717) is 13.1 Å². The molecule has 1 amide bonds. The van der Waals surface area contributed by atoms with Crippen molar-refractivity contribution in [3.63, 3.8) is 0 Å². The fourth-order valence-electron chi connectivity index (χ4n) is 4.01. The second kappa shape index (κ2) is 10.6. The van der Waals surface area contributed by atoms with Gasteiger partial charge in [-0.15, -0.1) is 12.4 Å². The van der Waals surface area contributed by atoms with Gasteiger partial charge in [0.1, 0.15) is 0 Å². The SMILES string of the molecule is Cc1cc(C)c(CCNC(=O)CN2CCNCC2c2cccnc2)c(C)c1.Cl. The first-order valence-electron chi connectivity index (χ1n) is 9.72. The summed E-state index contributed by atoms with van der Waals surface area (Å²) in [5, 5.41) is 6.52. The number of pyridine rings is 1. The molecule has 0 bridgehead atoms. The molecule has 3 rings (SSSR count). The fraction of sp³-hybridized carbons (Fsp3) is 0.455. The van der Waals surface area contributed by atoms with Crippen molar-refractivity contribution in [2.45, 2.75) is 33.2 Å². The highest BCUT2D eigenvalue weighted by Crippen LogP contribution is 2.21. The van der Waals surface area contributed by atoms with Gasteiger partial charge in [0, 0.05) is 44.6 Å². The van der Waals surface area contributed by atoms with Crippen LogP contribution in [0, 0.1) is 20.8 Å². The standard InChI is InChI=1S/C22H30N4O.ClH/c1-16-11-17(2)20(18(3)12-16)6-8-25-22(27)15-26-10-9-24-14-21(26)19-5-4-7-23-13-19;/h4-5,7,11-13,21,24H,6,8-10,14-15H2,1-3H3,(H,25,27);1H. The van der Waals surface area contributed by atoms with E-state index in [1.54, 1.807) is 6.20 Å². The number of rotatable bonds is 6. The van der Waals surface area contributed by atoms with Gasteiger partial charge >= 0.3 is 0 Å². The topological polar surface area (TPSA) is 57.3 Å². The summed E-state index contributed by atoms with van der Waals surface area (Å²) in [4.78, 5) is 19.0. The maximum atomic E-state index is 12.5. The number of benzene rings is 1. The van der Waals surface area contributed by atoms with Gasteiger partial charge in [0.2, 0.25) is 5.91 Å². The number of hydrogen-bond acceptors (Lipinski definition) is 4. The molecule has 0 aliphatic carbocycles. The zero-order valence-electron chi connectivity index (χ0n) is 17.0. The van der Waals surface area contributed by atoms with Crippen LogP contribution in [-0.4, -0.2) is 48.5 Å². The van der Waals surface area contributed by atoms with Crippen LogP contribution in [0.5, 0.6) is 0 Å². The number of nitrogens with one attached hydrogen (secondary N) is 2. The van der Waals surface area contributed by atoms with Gasteiger partial charge in [-0.25, -0.2) is 0 Å². The largest absolute Gasteiger partial charge is 0.355 e. The smallest absolute Gasteiger partial charge is 0.234 e. The Kier molecular flexibility index (Phi) is 8.42. The molecule has 1 unspecified atom stereocenters. The van der Waals surface area contributed by atoms with E-state index in [0.717, 1.165) is 31.6 Å². The molecule has 152 valence electrons. The number of hydrogen-bond donors (Lipinski definition) is 2. The van der Waals surface area contributed by atoms with Gasteiger partial charge in [-0.1, -0.05) is 23.8 Å². The number of halogens is 1.